The van der Waals surface area contributed by atoms with Crippen molar-refractivity contribution in [3.63, 3.8) is 0 Å². The Balaban J connectivity index is 1.40. The molecule has 0 saturated carbocycles. The van der Waals surface area contributed by atoms with Gasteiger partial charge in [-0.25, -0.2) is 4.98 Å². The molecule has 2 aromatic heterocycles. The summed E-state index contributed by atoms with van der Waals surface area (Å²) in [5.74, 6) is 0.775. The summed E-state index contributed by atoms with van der Waals surface area (Å²) in [6.45, 7) is 1.69. The monoisotopic (exact) mass is 482 g/mol. The number of thiophene rings is 1. The van der Waals surface area contributed by atoms with Crippen molar-refractivity contribution in [1.29, 1.82) is 0 Å². The van der Waals surface area contributed by atoms with Crippen LogP contribution in [0.1, 0.15) is 18.9 Å². The molecule has 1 N–H and O–H groups in total. The number of fused-ring (bicyclic) bond motifs is 1. The standard InChI is InChI=1S/C25H23ClN2O4S/c1-16(29)2-3-17-4-10-21(11-5-17)32-14-20(30)13-28-15-27-22-12-23(33-24(22)25(28)31)18-6-8-19(26)9-7-18/h4-12,15,20,30H,2-3,13-14H2,1H3. The van der Waals surface area contributed by atoms with Crippen LogP contribution in [0.2, 0.25) is 5.02 Å². The Hall–Kier alpha value is -3.00. The van der Waals surface area contributed by atoms with Crippen molar-refractivity contribution in [3.05, 3.63) is 81.9 Å². The number of Topliss-reactive ketones (excluding diaryl/α,β-unsaturated/α-hetero) is 1. The van der Waals surface area contributed by atoms with Gasteiger partial charge in [0.2, 0.25) is 0 Å². The molecule has 170 valence electrons. The van der Waals surface area contributed by atoms with E-state index in [0.717, 1.165) is 16.0 Å². The van der Waals surface area contributed by atoms with Crippen LogP contribution >= 0.6 is 22.9 Å². The second kappa shape index (κ2) is 10.3. The number of hydrogen-bond donors (Lipinski definition) is 1. The maximum atomic E-state index is 12.9. The van der Waals surface area contributed by atoms with Crippen LogP contribution in [0.15, 0.2) is 65.7 Å². The normalized spacial score (nSPS) is 12.1. The van der Waals surface area contributed by atoms with Crippen molar-refractivity contribution in [3.8, 4) is 16.2 Å². The van der Waals surface area contributed by atoms with Gasteiger partial charge in [-0.05, 0) is 54.8 Å². The topological polar surface area (TPSA) is 81.4 Å². The van der Waals surface area contributed by atoms with E-state index in [1.807, 2.05) is 54.6 Å². The number of nitrogens with zero attached hydrogens (tertiary/aromatic N) is 2. The fraction of sp³-hybridized carbons (Fsp3) is 0.240. The number of benzene rings is 2. The van der Waals surface area contributed by atoms with Gasteiger partial charge < -0.3 is 14.6 Å². The van der Waals surface area contributed by atoms with Gasteiger partial charge in [-0.15, -0.1) is 11.3 Å². The Kier molecular flexibility index (Phi) is 7.23. The third-order valence-corrected chi connectivity index (χ3v) is 6.58. The van der Waals surface area contributed by atoms with E-state index in [4.69, 9.17) is 16.3 Å². The number of ether oxygens (including phenoxy) is 1. The maximum Gasteiger partial charge on any atom is 0.271 e. The van der Waals surface area contributed by atoms with Gasteiger partial charge >= 0.3 is 0 Å². The third kappa shape index (κ3) is 5.87. The number of aliphatic hydroxyl groups is 1. The Bertz CT molecular complexity index is 1310. The van der Waals surface area contributed by atoms with Crippen LogP contribution in [0, 0.1) is 0 Å². The largest absolute Gasteiger partial charge is 0.491 e. The van der Waals surface area contributed by atoms with E-state index in [1.165, 1.54) is 22.2 Å². The van der Waals surface area contributed by atoms with Gasteiger partial charge in [-0.1, -0.05) is 35.9 Å². The van der Waals surface area contributed by atoms with Gasteiger partial charge in [0.15, 0.2) is 0 Å². The number of rotatable bonds is 9. The number of ketones is 1. The third-order valence-electron chi connectivity index (χ3n) is 5.17. The molecule has 0 amide bonds. The molecule has 2 heterocycles. The van der Waals surface area contributed by atoms with E-state index in [1.54, 1.807) is 6.92 Å². The molecule has 0 spiro atoms. The van der Waals surface area contributed by atoms with Gasteiger partial charge in [0.05, 0.1) is 18.4 Å². The molecule has 6 nitrogen and oxygen atoms in total. The Morgan fingerprint density at radius 1 is 1.18 bits per heavy atom. The van der Waals surface area contributed by atoms with Crippen LogP contribution in [0.25, 0.3) is 20.7 Å². The molecule has 1 unspecified atom stereocenters. The van der Waals surface area contributed by atoms with E-state index >= 15 is 0 Å². The molecule has 2 aromatic carbocycles. The highest BCUT2D eigenvalue weighted by molar-refractivity contribution is 7.22. The average Bonchev–Trinajstić information content (AvgIpc) is 3.24. The lowest BCUT2D eigenvalue weighted by Gasteiger charge is -2.14. The Morgan fingerprint density at radius 3 is 2.61 bits per heavy atom. The second-order valence-electron chi connectivity index (χ2n) is 7.84. The summed E-state index contributed by atoms with van der Waals surface area (Å²) in [4.78, 5) is 29.3. The van der Waals surface area contributed by atoms with Gasteiger partial charge in [0.1, 0.15) is 28.9 Å². The average molecular weight is 483 g/mol. The highest BCUT2D eigenvalue weighted by Crippen LogP contribution is 2.31. The fourth-order valence-electron chi connectivity index (χ4n) is 3.38. The number of hydrogen-bond acceptors (Lipinski definition) is 6. The van der Waals surface area contributed by atoms with Crippen LogP contribution in [-0.4, -0.2) is 33.2 Å². The summed E-state index contributed by atoms with van der Waals surface area (Å²) in [7, 11) is 0. The molecule has 0 saturated heterocycles. The number of halogens is 1. The molecule has 0 aliphatic carbocycles. The lowest BCUT2D eigenvalue weighted by atomic mass is 10.1. The number of carbonyl (C=O) groups excluding carboxylic acids is 1. The first-order valence-corrected chi connectivity index (χ1v) is 11.7. The van der Waals surface area contributed by atoms with Crippen LogP contribution < -0.4 is 10.3 Å². The smallest absolute Gasteiger partial charge is 0.271 e. The lowest BCUT2D eigenvalue weighted by molar-refractivity contribution is -0.116. The molecular weight excluding hydrogens is 460 g/mol. The Morgan fingerprint density at radius 2 is 1.91 bits per heavy atom. The number of aliphatic hydroxyl groups excluding tert-OH is 1. The fourth-order valence-corrected chi connectivity index (χ4v) is 4.57. The van der Waals surface area contributed by atoms with E-state index < -0.39 is 6.10 Å². The molecule has 1 atom stereocenters. The molecule has 4 rings (SSSR count). The molecule has 0 aliphatic rings. The van der Waals surface area contributed by atoms with E-state index in [2.05, 4.69) is 4.98 Å². The van der Waals surface area contributed by atoms with Gasteiger partial charge in [-0.2, -0.15) is 0 Å². The summed E-state index contributed by atoms with van der Waals surface area (Å²) >= 11 is 7.33. The number of aryl methyl sites for hydroxylation is 1. The SMILES string of the molecule is CC(=O)CCc1ccc(OCC(O)Cn2cnc3cc(-c4ccc(Cl)cc4)sc3c2=O)cc1. The zero-order valence-corrected chi connectivity index (χ0v) is 19.6. The quantitative estimate of drug-likeness (QED) is 0.372. The van der Waals surface area contributed by atoms with Crippen LogP contribution in [0.5, 0.6) is 5.75 Å². The zero-order valence-electron chi connectivity index (χ0n) is 18.0. The predicted octanol–water partition coefficient (Wildman–Crippen LogP) is 4.74. The summed E-state index contributed by atoms with van der Waals surface area (Å²) in [6, 6.07) is 16.7. The van der Waals surface area contributed by atoms with Crippen LogP contribution in [0.3, 0.4) is 0 Å². The molecule has 0 radical (unpaired) electrons. The maximum absolute atomic E-state index is 12.9. The van der Waals surface area contributed by atoms with Crippen molar-refractivity contribution in [2.24, 2.45) is 0 Å². The van der Waals surface area contributed by atoms with Crippen molar-refractivity contribution < 1.29 is 14.6 Å². The first kappa shape index (κ1) is 23.2. The van der Waals surface area contributed by atoms with Gasteiger partial charge in [-0.3, -0.25) is 9.36 Å². The highest BCUT2D eigenvalue weighted by Gasteiger charge is 2.13. The number of aromatic nitrogens is 2. The summed E-state index contributed by atoms with van der Waals surface area (Å²) < 4.78 is 7.60. The van der Waals surface area contributed by atoms with Crippen molar-refractivity contribution in [2.75, 3.05) is 6.61 Å². The molecule has 33 heavy (non-hydrogen) atoms. The minimum Gasteiger partial charge on any atom is -0.491 e. The molecule has 0 bridgehead atoms. The van der Waals surface area contributed by atoms with Gasteiger partial charge in [0.25, 0.3) is 5.56 Å². The first-order valence-electron chi connectivity index (χ1n) is 10.5. The van der Waals surface area contributed by atoms with Crippen molar-refractivity contribution >= 4 is 38.9 Å². The van der Waals surface area contributed by atoms with Crippen molar-refractivity contribution in [1.82, 2.24) is 9.55 Å². The molecular formula is C25H23ClN2O4S. The molecule has 8 heteroatoms. The lowest BCUT2D eigenvalue weighted by Crippen LogP contribution is -2.30. The van der Waals surface area contributed by atoms with E-state index in [0.29, 0.717) is 33.8 Å². The molecule has 0 aliphatic heterocycles. The molecule has 0 fully saturated rings. The minimum atomic E-state index is -0.880. The summed E-state index contributed by atoms with van der Waals surface area (Å²) in [5.41, 5.74) is 2.45. The minimum absolute atomic E-state index is 0.0394. The van der Waals surface area contributed by atoms with E-state index in [9.17, 15) is 14.7 Å². The van der Waals surface area contributed by atoms with Crippen LogP contribution in [0.4, 0.5) is 0 Å². The first-order chi connectivity index (χ1) is 15.9. The molecule has 4 aromatic rings. The summed E-state index contributed by atoms with van der Waals surface area (Å²) in [6.07, 6.45) is 1.78. The summed E-state index contributed by atoms with van der Waals surface area (Å²) in [5, 5.41) is 11.1. The van der Waals surface area contributed by atoms with E-state index in [-0.39, 0.29) is 24.5 Å². The van der Waals surface area contributed by atoms with Crippen molar-refractivity contribution in [2.45, 2.75) is 32.4 Å². The van der Waals surface area contributed by atoms with Crippen LogP contribution in [-0.2, 0) is 17.8 Å². The zero-order chi connectivity index (χ0) is 23.4. The van der Waals surface area contributed by atoms with Gasteiger partial charge in [0, 0.05) is 16.3 Å². The predicted molar refractivity (Wildman–Crippen MR) is 131 cm³/mol. The number of carbonyl (C=O) groups is 1. The second-order valence-corrected chi connectivity index (χ2v) is 9.33. The Labute approximate surface area is 200 Å². The highest BCUT2D eigenvalue weighted by atomic mass is 35.5.